The summed E-state index contributed by atoms with van der Waals surface area (Å²) in [6.45, 7) is 1.68. The predicted molar refractivity (Wildman–Crippen MR) is 44.5 cm³/mol. The van der Waals surface area contributed by atoms with Gasteiger partial charge in [-0.15, -0.1) is 0 Å². The third-order valence-electron chi connectivity index (χ3n) is 1.43. The molecule has 0 aromatic carbocycles. The van der Waals surface area contributed by atoms with Gasteiger partial charge in [0.2, 0.25) is 5.82 Å². The molecule has 0 amide bonds. The number of aromatic nitrogens is 1. The van der Waals surface area contributed by atoms with Crippen LogP contribution in [0.2, 0.25) is 0 Å². The summed E-state index contributed by atoms with van der Waals surface area (Å²) in [5.41, 5.74) is 11.4. The molecule has 64 valence electrons. The SMILES string of the molecule is Cc1cc(N)c([N+](=O)[O-])nc1N. The van der Waals surface area contributed by atoms with Crippen LogP contribution in [0.5, 0.6) is 0 Å². The molecular formula is C6H8N4O2. The molecule has 1 aromatic rings. The fourth-order valence-corrected chi connectivity index (χ4v) is 0.785. The summed E-state index contributed by atoms with van der Waals surface area (Å²) in [6, 6.07) is 1.43. The molecular weight excluding hydrogens is 160 g/mol. The number of nitro groups is 1. The number of nitrogen functional groups attached to an aromatic ring is 2. The van der Waals surface area contributed by atoms with E-state index in [0.717, 1.165) is 0 Å². The van der Waals surface area contributed by atoms with Crippen LogP contribution in [0.1, 0.15) is 5.56 Å². The van der Waals surface area contributed by atoms with E-state index in [-0.39, 0.29) is 11.5 Å². The first-order valence-electron chi connectivity index (χ1n) is 3.19. The minimum Gasteiger partial charge on any atom is -0.392 e. The fraction of sp³-hybridized carbons (Fsp3) is 0.167. The number of hydrogen-bond donors (Lipinski definition) is 2. The maximum Gasteiger partial charge on any atom is 0.388 e. The van der Waals surface area contributed by atoms with Crippen molar-refractivity contribution in [3.8, 4) is 0 Å². The standard InChI is InChI=1S/C6H8N4O2/c1-3-2-4(7)6(10(11)12)9-5(3)8/h2H,7H2,1H3,(H2,8,9). The summed E-state index contributed by atoms with van der Waals surface area (Å²) >= 11 is 0. The monoisotopic (exact) mass is 168 g/mol. The Kier molecular flexibility index (Phi) is 1.82. The summed E-state index contributed by atoms with van der Waals surface area (Å²) in [5, 5.41) is 10.3. The van der Waals surface area contributed by atoms with E-state index in [0.29, 0.717) is 5.56 Å². The van der Waals surface area contributed by atoms with Crippen LogP contribution in [0, 0.1) is 17.0 Å². The average molecular weight is 168 g/mol. The van der Waals surface area contributed by atoms with E-state index in [1.807, 2.05) is 0 Å². The topological polar surface area (TPSA) is 108 Å². The summed E-state index contributed by atoms with van der Waals surface area (Å²) in [4.78, 5) is 13.2. The van der Waals surface area contributed by atoms with Gasteiger partial charge >= 0.3 is 5.82 Å². The van der Waals surface area contributed by atoms with Crippen molar-refractivity contribution < 1.29 is 4.92 Å². The second-order valence-electron chi connectivity index (χ2n) is 2.36. The largest absolute Gasteiger partial charge is 0.392 e. The van der Waals surface area contributed by atoms with Crippen molar-refractivity contribution in [2.24, 2.45) is 0 Å². The maximum absolute atomic E-state index is 10.3. The zero-order valence-corrected chi connectivity index (χ0v) is 6.44. The summed E-state index contributed by atoms with van der Waals surface area (Å²) < 4.78 is 0. The second-order valence-corrected chi connectivity index (χ2v) is 2.36. The van der Waals surface area contributed by atoms with E-state index < -0.39 is 10.7 Å². The lowest BCUT2D eigenvalue weighted by molar-refractivity contribution is -0.388. The molecule has 0 fully saturated rings. The Balaban J connectivity index is 3.33. The van der Waals surface area contributed by atoms with Crippen LogP contribution in [0.15, 0.2) is 6.07 Å². The molecule has 12 heavy (non-hydrogen) atoms. The highest BCUT2D eigenvalue weighted by Gasteiger charge is 2.15. The van der Waals surface area contributed by atoms with Crippen LogP contribution < -0.4 is 11.5 Å². The Bertz CT molecular complexity index is 337. The van der Waals surface area contributed by atoms with E-state index in [4.69, 9.17) is 11.5 Å². The number of nitrogens with two attached hydrogens (primary N) is 2. The zero-order chi connectivity index (χ0) is 9.30. The lowest BCUT2D eigenvalue weighted by atomic mass is 10.2. The molecule has 0 radical (unpaired) electrons. The quantitative estimate of drug-likeness (QED) is 0.467. The summed E-state index contributed by atoms with van der Waals surface area (Å²) in [5.74, 6) is -0.256. The summed E-state index contributed by atoms with van der Waals surface area (Å²) in [7, 11) is 0. The van der Waals surface area contributed by atoms with Crippen LogP contribution >= 0.6 is 0 Å². The van der Waals surface area contributed by atoms with Gasteiger partial charge in [0, 0.05) is 5.56 Å². The number of pyridine rings is 1. The van der Waals surface area contributed by atoms with Gasteiger partial charge in [-0.1, -0.05) is 0 Å². The Labute approximate surface area is 68.3 Å². The molecule has 0 unspecified atom stereocenters. The first-order valence-corrected chi connectivity index (χ1v) is 3.19. The average Bonchev–Trinajstić information content (AvgIpc) is 1.96. The fourth-order valence-electron chi connectivity index (χ4n) is 0.785. The number of nitrogens with zero attached hydrogens (tertiary/aromatic N) is 2. The molecule has 0 atom stereocenters. The molecule has 0 aliphatic rings. The lowest BCUT2D eigenvalue weighted by Gasteiger charge is -1.98. The van der Waals surface area contributed by atoms with Crippen LogP contribution in [-0.2, 0) is 0 Å². The molecule has 6 nitrogen and oxygen atoms in total. The van der Waals surface area contributed by atoms with Gasteiger partial charge in [0.25, 0.3) is 0 Å². The molecule has 6 heteroatoms. The molecule has 1 aromatic heterocycles. The number of rotatable bonds is 1. The van der Waals surface area contributed by atoms with E-state index >= 15 is 0 Å². The maximum atomic E-state index is 10.3. The van der Waals surface area contributed by atoms with E-state index in [1.165, 1.54) is 6.07 Å². The molecule has 0 saturated heterocycles. The van der Waals surface area contributed by atoms with Gasteiger partial charge in [-0.05, 0) is 22.9 Å². The van der Waals surface area contributed by atoms with Gasteiger partial charge in [-0.25, -0.2) is 0 Å². The van der Waals surface area contributed by atoms with Crippen molar-refractivity contribution in [3.05, 3.63) is 21.7 Å². The highest BCUT2D eigenvalue weighted by Crippen LogP contribution is 2.22. The minimum atomic E-state index is -0.662. The van der Waals surface area contributed by atoms with Crippen molar-refractivity contribution in [2.75, 3.05) is 11.5 Å². The lowest BCUT2D eigenvalue weighted by Crippen LogP contribution is -2.03. The van der Waals surface area contributed by atoms with Gasteiger partial charge < -0.3 is 21.6 Å². The van der Waals surface area contributed by atoms with Gasteiger partial charge in [-0.3, -0.25) is 0 Å². The number of anilines is 2. The first kappa shape index (κ1) is 8.25. The van der Waals surface area contributed by atoms with Crippen LogP contribution in [-0.4, -0.2) is 9.91 Å². The molecule has 0 aliphatic heterocycles. The summed E-state index contributed by atoms with van der Waals surface area (Å²) in [6.07, 6.45) is 0. The van der Waals surface area contributed by atoms with Crippen molar-refractivity contribution in [1.82, 2.24) is 4.98 Å². The van der Waals surface area contributed by atoms with Gasteiger partial charge in [0.05, 0.1) is 0 Å². The molecule has 0 aliphatic carbocycles. The molecule has 0 spiro atoms. The highest BCUT2D eigenvalue weighted by atomic mass is 16.6. The van der Waals surface area contributed by atoms with Crippen molar-refractivity contribution in [1.29, 1.82) is 0 Å². The Morgan fingerprint density at radius 2 is 2.17 bits per heavy atom. The Hall–Kier alpha value is -1.85. The molecule has 0 saturated carbocycles. The highest BCUT2D eigenvalue weighted by molar-refractivity contribution is 5.60. The first-order chi connectivity index (χ1) is 5.52. The Morgan fingerprint density at radius 1 is 1.58 bits per heavy atom. The van der Waals surface area contributed by atoms with Crippen LogP contribution in [0.3, 0.4) is 0 Å². The molecule has 1 rings (SSSR count). The van der Waals surface area contributed by atoms with Crippen molar-refractivity contribution in [2.45, 2.75) is 6.92 Å². The van der Waals surface area contributed by atoms with Crippen molar-refractivity contribution in [3.63, 3.8) is 0 Å². The second kappa shape index (κ2) is 2.65. The normalized spacial score (nSPS) is 9.75. The van der Waals surface area contributed by atoms with E-state index in [9.17, 15) is 10.1 Å². The smallest absolute Gasteiger partial charge is 0.388 e. The minimum absolute atomic E-state index is 0.0340. The van der Waals surface area contributed by atoms with Gasteiger partial charge in [0.15, 0.2) is 0 Å². The van der Waals surface area contributed by atoms with E-state index in [1.54, 1.807) is 6.92 Å². The van der Waals surface area contributed by atoms with E-state index in [2.05, 4.69) is 4.98 Å². The number of aryl methyl sites for hydroxylation is 1. The Morgan fingerprint density at radius 3 is 2.67 bits per heavy atom. The van der Waals surface area contributed by atoms with Crippen LogP contribution in [0.4, 0.5) is 17.3 Å². The van der Waals surface area contributed by atoms with Crippen molar-refractivity contribution >= 4 is 17.3 Å². The molecule has 0 bridgehead atoms. The van der Waals surface area contributed by atoms with Gasteiger partial charge in [0.1, 0.15) is 5.69 Å². The molecule has 4 N–H and O–H groups in total. The zero-order valence-electron chi connectivity index (χ0n) is 6.44. The third-order valence-corrected chi connectivity index (χ3v) is 1.43. The van der Waals surface area contributed by atoms with Gasteiger partial charge in [-0.2, -0.15) is 0 Å². The number of hydrogen-bond acceptors (Lipinski definition) is 5. The predicted octanol–water partition coefficient (Wildman–Crippen LogP) is 0.463. The molecule has 1 heterocycles. The van der Waals surface area contributed by atoms with Crippen LogP contribution in [0.25, 0.3) is 0 Å². The third kappa shape index (κ3) is 1.26.